The molecule has 2 atom stereocenters. The molecule has 0 fully saturated rings. The van der Waals surface area contributed by atoms with Crippen molar-refractivity contribution < 1.29 is 32.9 Å². The normalized spacial score (nSPS) is 14.9. The Morgan fingerprint density at radius 3 is 1.86 bits per heavy atom. The summed E-state index contributed by atoms with van der Waals surface area (Å²) in [4.78, 5) is 16.9. The molecule has 0 aromatic carbocycles. The maximum atomic E-state index is 11.4. The first kappa shape index (κ1) is 36.9. The SMILES string of the molecule is CCCOCC(COCCC[Si](C)(CCCOO[Si](C)(C)C)OCCCCCC[Si](C)(C)C)OC(C)=O. The van der Waals surface area contributed by atoms with Crippen molar-refractivity contribution in [1.29, 1.82) is 0 Å². The van der Waals surface area contributed by atoms with Crippen LogP contribution in [-0.2, 0) is 32.9 Å². The number of carbonyl (C=O) groups excluding carboxylic acids is 1. The van der Waals surface area contributed by atoms with E-state index in [0.29, 0.717) is 33.0 Å². The first-order valence-corrected chi connectivity index (χ1v) is 24.5. The highest BCUT2D eigenvalue weighted by Gasteiger charge is 2.28. The Morgan fingerprint density at radius 1 is 0.703 bits per heavy atom. The summed E-state index contributed by atoms with van der Waals surface area (Å²) in [5.41, 5.74) is 0. The van der Waals surface area contributed by atoms with Gasteiger partial charge in [-0.1, -0.05) is 51.9 Å². The highest BCUT2D eigenvalue weighted by Crippen LogP contribution is 2.23. The van der Waals surface area contributed by atoms with Crippen molar-refractivity contribution in [1.82, 2.24) is 0 Å². The second-order valence-electron chi connectivity index (χ2n) is 12.6. The van der Waals surface area contributed by atoms with Gasteiger partial charge in [-0.05, 0) is 64.0 Å². The highest BCUT2D eigenvalue weighted by atomic mass is 28.4. The van der Waals surface area contributed by atoms with Crippen LogP contribution in [-0.4, -0.2) is 76.4 Å². The summed E-state index contributed by atoms with van der Waals surface area (Å²) < 4.78 is 28.9. The van der Waals surface area contributed by atoms with E-state index in [2.05, 4.69) is 52.8 Å². The smallest absolute Gasteiger partial charge is 0.303 e. The van der Waals surface area contributed by atoms with Crippen LogP contribution in [0.15, 0.2) is 0 Å². The van der Waals surface area contributed by atoms with E-state index in [-0.39, 0.29) is 12.1 Å². The third-order valence-electron chi connectivity index (χ3n) is 5.80. The van der Waals surface area contributed by atoms with Gasteiger partial charge in [-0.2, -0.15) is 0 Å². The predicted octanol–water partition coefficient (Wildman–Crippen LogP) is 7.42. The molecule has 0 rings (SSSR count). The average molecular weight is 581 g/mol. The second-order valence-corrected chi connectivity index (χ2v) is 26.8. The number of rotatable bonds is 25. The Kier molecular flexibility index (Phi) is 20.7. The number of ether oxygens (including phenoxy) is 3. The summed E-state index contributed by atoms with van der Waals surface area (Å²) in [7, 11) is -4.46. The van der Waals surface area contributed by atoms with Gasteiger partial charge >= 0.3 is 5.97 Å². The van der Waals surface area contributed by atoms with Gasteiger partial charge in [0.25, 0.3) is 0 Å². The third kappa shape index (κ3) is 25.9. The average Bonchev–Trinajstić information content (AvgIpc) is 2.76. The molecule has 10 heteroatoms. The van der Waals surface area contributed by atoms with Crippen LogP contribution in [0.2, 0.25) is 64.0 Å². The molecule has 0 heterocycles. The van der Waals surface area contributed by atoms with Crippen LogP contribution < -0.4 is 0 Å². The number of esters is 1. The molecule has 0 radical (unpaired) electrons. The molecule has 0 N–H and O–H groups in total. The van der Waals surface area contributed by atoms with E-state index < -0.39 is 24.7 Å². The molecule has 222 valence electrons. The lowest BCUT2D eigenvalue weighted by Gasteiger charge is -2.28. The Labute approximate surface area is 231 Å². The zero-order chi connectivity index (χ0) is 28.2. The van der Waals surface area contributed by atoms with Crippen LogP contribution in [0.4, 0.5) is 0 Å². The summed E-state index contributed by atoms with van der Waals surface area (Å²) >= 11 is 0. The number of hydrogen-bond acceptors (Lipinski definition) is 7. The molecule has 7 nitrogen and oxygen atoms in total. The fourth-order valence-corrected chi connectivity index (χ4v) is 8.60. The van der Waals surface area contributed by atoms with Crippen LogP contribution in [0.3, 0.4) is 0 Å². The summed E-state index contributed by atoms with van der Waals surface area (Å²) in [6.45, 7) is 23.0. The molecule has 0 aliphatic carbocycles. The number of hydrogen-bond donors (Lipinski definition) is 0. The van der Waals surface area contributed by atoms with Crippen molar-refractivity contribution in [2.45, 2.75) is 129 Å². The van der Waals surface area contributed by atoms with Gasteiger partial charge in [-0.3, -0.25) is 9.37 Å². The molecule has 37 heavy (non-hydrogen) atoms. The Balaban J connectivity index is 4.50. The maximum absolute atomic E-state index is 11.4. The van der Waals surface area contributed by atoms with Gasteiger partial charge in [-0.25, -0.2) is 4.89 Å². The zero-order valence-electron chi connectivity index (χ0n) is 25.7. The molecular formula is C27H60O7Si3. The maximum Gasteiger partial charge on any atom is 0.303 e. The van der Waals surface area contributed by atoms with Crippen LogP contribution in [0, 0.1) is 0 Å². The number of unbranched alkanes of at least 4 members (excludes halogenated alkanes) is 3. The Bertz CT molecular complexity index is 567. The summed E-state index contributed by atoms with van der Waals surface area (Å²) in [6, 6.07) is 3.52. The van der Waals surface area contributed by atoms with Crippen molar-refractivity contribution >= 4 is 30.7 Å². The molecule has 0 saturated carbocycles. The summed E-state index contributed by atoms with van der Waals surface area (Å²) in [5.74, 6) is -0.303. The zero-order valence-corrected chi connectivity index (χ0v) is 28.7. The summed E-state index contributed by atoms with van der Waals surface area (Å²) in [6.07, 6.45) is 7.53. The monoisotopic (exact) mass is 580 g/mol. The topological polar surface area (TPSA) is 72.5 Å². The standard InChI is InChI=1S/C27H60O7Si3/c1-10-17-29-24-27(33-26(2)28)25-30-18-15-22-37(9,23-16-19-31-34-36(6,7)8)32-20-13-11-12-14-21-35(3,4)5/h27H,10-25H2,1-9H3. The van der Waals surface area contributed by atoms with Gasteiger partial charge in [0, 0.05) is 34.8 Å². The van der Waals surface area contributed by atoms with Crippen molar-refractivity contribution in [2.24, 2.45) is 0 Å². The van der Waals surface area contributed by atoms with E-state index in [1.807, 2.05) is 0 Å². The minimum Gasteiger partial charge on any atom is -0.458 e. The van der Waals surface area contributed by atoms with E-state index in [1.165, 1.54) is 32.2 Å². The number of carbonyl (C=O) groups is 1. The Hall–Kier alpha value is -0.0794. The molecule has 0 amide bonds. The van der Waals surface area contributed by atoms with E-state index in [4.69, 9.17) is 28.1 Å². The minimum absolute atomic E-state index is 0.303. The van der Waals surface area contributed by atoms with Crippen molar-refractivity contribution in [2.75, 3.05) is 39.6 Å². The van der Waals surface area contributed by atoms with Crippen molar-refractivity contribution in [3.63, 3.8) is 0 Å². The second kappa shape index (κ2) is 20.8. The van der Waals surface area contributed by atoms with Gasteiger partial charge in [-0.15, -0.1) is 0 Å². The molecule has 2 unspecified atom stereocenters. The molecule has 0 aromatic rings. The lowest BCUT2D eigenvalue weighted by Crippen LogP contribution is -2.36. The van der Waals surface area contributed by atoms with E-state index in [1.54, 1.807) is 0 Å². The lowest BCUT2D eigenvalue weighted by molar-refractivity contribution is -0.217. The Morgan fingerprint density at radius 2 is 1.30 bits per heavy atom. The van der Waals surface area contributed by atoms with Crippen LogP contribution in [0.25, 0.3) is 0 Å². The quantitative estimate of drug-likeness (QED) is 0.0366. The van der Waals surface area contributed by atoms with Crippen LogP contribution in [0.1, 0.15) is 58.8 Å². The molecule has 0 aromatic heterocycles. The largest absolute Gasteiger partial charge is 0.458 e. The highest BCUT2D eigenvalue weighted by molar-refractivity contribution is 6.76. The van der Waals surface area contributed by atoms with Gasteiger partial charge < -0.3 is 18.6 Å². The molecular weight excluding hydrogens is 521 g/mol. The van der Waals surface area contributed by atoms with Gasteiger partial charge in [0.1, 0.15) is 6.10 Å². The van der Waals surface area contributed by atoms with Crippen molar-refractivity contribution in [3.05, 3.63) is 0 Å². The molecule has 0 bridgehead atoms. The summed E-state index contributed by atoms with van der Waals surface area (Å²) in [5, 5.41) is 0. The van der Waals surface area contributed by atoms with E-state index in [0.717, 1.165) is 44.4 Å². The van der Waals surface area contributed by atoms with Crippen LogP contribution in [0.5, 0.6) is 0 Å². The first-order valence-electron chi connectivity index (χ1n) is 14.5. The van der Waals surface area contributed by atoms with Gasteiger partial charge in [0.15, 0.2) is 8.32 Å². The lowest BCUT2D eigenvalue weighted by atomic mass is 10.2. The van der Waals surface area contributed by atoms with Gasteiger partial charge in [0.05, 0.1) is 19.8 Å². The molecule has 0 saturated heterocycles. The molecule has 0 spiro atoms. The predicted molar refractivity (Wildman–Crippen MR) is 161 cm³/mol. The molecule has 0 aliphatic rings. The molecule has 0 aliphatic heterocycles. The van der Waals surface area contributed by atoms with Crippen LogP contribution >= 0.6 is 0 Å². The fraction of sp³-hybridized carbons (Fsp3) is 0.963. The van der Waals surface area contributed by atoms with Crippen molar-refractivity contribution in [3.8, 4) is 0 Å². The minimum atomic E-state index is -1.88. The van der Waals surface area contributed by atoms with E-state index in [9.17, 15) is 4.79 Å². The fourth-order valence-electron chi connectivity index (χ4n) is 3.90. The third-order valence-corrected chi connectivity index (χ3v) is 12.0. The first-order chi connectivity index (χ1) is 17.3. The van der Waals surface area contributed by atoms with Gasteiger partial charge in [0.2, 0.25) is 8.32 Å². The van der Waals surface area contributed by atoms with E-state index >= 15 is 0 Å².